The highest BCUT2D eigenvalue weighted by molar-refractivity contribution is 5.80. The van der Waals surface area contributed by atoms with E-state index in [0.717, 1.165) is 11.1 Å². The first-order chi connectivity index (χ1) is 11.6. The van der Waals surface area contributed by atoms with Crippen LogP contribution >= 0.6 is 0 Å². The Labute approximate surface area is 140 Å². The van der Waals surface area contributed by atoms with Crippen LogP contribution in [-0.2, 0) is 22.7 Å². The Balaban J connectivity index is 1.59. The molecule has 2 aromatic rings. The summed E-state index contributed by atoms with van der Waals surface area (Å²) >= 11 is 0. The Morgan fingerprint density at radius 2 is 1.92 bits per heavy atom. The third-order valence-corrected chi connectivity index (χ3v) is 4.62. The fourth-order valence-electron chi connectivity index (χ4n) is 3.22. The topological polar surface area (TPSA) is 84.2 Å². The molecule has 1 saturated carbocycles. The predicted octanol–water partition coefficient (Wildman–Crippen LogP) is 2.05. The lowest BCUT2D eigenvalue weighted by atomic mass is 10.0. The molecule has 126 valence electrons. The summed E-state index contributed by atoms with van der Waals surface area (Å²) in [5, 5.41) is 16.2. The fraction of sp³-hybridized carbons (Fsp3) is 0.389. The average Bonchev–Trinajstić information content (AvgIpc) is 3.25. The van der Waals surface area contributed by atoms with E-state index in [1.807, 2.05) is 41.2 Å². The van der Waals surface area contributed by atoms with Crippen LogP contribution in [0.2, 0.25) is 0 Å². The SMILES string of the molecule is O=C(O)[C@@H]1CC[C@H](C(=O)NCc2ccccc2Cn2cccn2)C1. The number of benzene rings is 1. The molecule has 1 aliphatic carbocycles. The van der Waals surface area contributed by atoms with Crippen LogP contribution in [0, 0.1) is 11.8 Å². The van der Waals surface area contributed by atoms with Gasteiger partial charge in [0.25, 0.3) is 0 Å². The number of carboxylic acids is 1. The van der Waals surface area contributed by atoms with Crippen molar-refractivity contribution < 1.29 is 14.7 Å². The molecule has 2 atom stereocenters. The molecule has 24 heavy (non-hydrogen) atoms. The highest BCUT2D eigenvalue weighted by Gasteiger charge is 2.33. The summed E-state index contributed by atoms with van der Waals surface area (Å²) < 4.78 is 1.84. The van der Waals surface area contributed by atoms with E-state index in [0.29, 0.717) is 32.4 Å². The van der Waals surface area contributed by atoms with Crippen LogP contribution in [0.5, 0.6) is 0 Å². The minimum atomic E-state index is -0.796. The van der Waals surface area contributed by atoms with Crippen LogP contribution in [0.3, 0.4) is 0 Å². The minimum absolute atomic E-state index is 0.0485. The predicted molar refractivity (Wildman–Crippen MR) is 88.1 cm³/mol. The van der Waals surface area contributed by atoms with Crippen molar-refractivity contribution in [1.82, 2.24) is 15.1 Å². The smallest absolute Gasteiger partial charge is 0.306 e. The van der Waals surface area contributed by atoms with E-state index in [-0.39, 0.29) is 17.7 Å². The molecule has 1 amide bonds. The summed E-state index contributed by atoms with van der Waals surface area (Å²) in [5.41, 5.74) is 2.16. The lowest BCUT2D eigenvalue weighted by Crippen LogP contribution is -2.29. The number of carbonyl (C=O) groups excluding carboxylic acids is 1. The fourth-order valence-corrected chi connectivity index (χ4v) is 3.22. The number of hydrogen-bond donors (Lipinski definition) is 2. The second kappa shape index (κ2) is 7.29. The summed E-state index contributed by atoms with van der Waals surface area (Å²) in [6.07, 6.45) is 5.32. The van der Waals surface area contributed by atoms with Crippen molar-refractivity contribution in [1.29, 1.82) is 0 Å². The molecule has 1 fully saturated rings. The maximum Gasteiger partial charge on any atom is 0.306 e. The Kier molecular flexibility index (Phi) is 4.93. The van der Waals surface area contributed by atoms with Crippen LogP contribution in [-0.4, -0.2) is 26.8 Å². The van der Waals surface area contributed by atoms with E-state index in [1.54, 1.807) is 6.20 Å². The minimum Gasteiger partial charge on any atom is -0.481 e. The molecule has 2 N–H and O–H groups in total. The molecule has 0 saturated heterocycles. The van der Waals surface area contributed by atoms with E-state index < -0.39 is 5.97 Å². The van der Waals surface area contributed by atoms with E-state index in [4.69, 9.17) is 5.11 Å². The standard InChI is InChI=1S/C18H21N3O3/c22-17(13-6-7-14(10-13)18(23)24)19-11-15-4-1-2-5-16(15)12-21-9-3-8-20-21/h1-5,8-9,13-14H,6-7,10-12H2,(H,19,22)(H,23,24)/t13-,14+/m0/s1. The second-order valence-electron chi connectivity index (χ2n) is 6.24. The molecule has 6 nitrogen and oxygen atoms in total. The molecule has 0 bridgehead atoms. The lowest BCUT2D eigenvalue weighted by Gasteiger charge is -2.13. The third kappa shape index (κ3) is 3.82. The van der Waals surface area contributed by atoms with Gasteiger partial charge in [-0.2, -0.15) is 5.10 Å². The molecule has 1 aliphatic rings. The van der Waals surface area contributed by atoms with Gasteiger partial charge in [0, 0.05) is 24.9 Å². The molecule has 3 rings (SSSR count). The Morgan fingerprint density at radius 1 is 1.17 bits per heavy atom. The molecule has 0 aliphatic heterocycles. The van der Waals surface area contributed by atoms with E-state index >= 15 is 0 Å². The molecule has 1 aromatic heterocycles. The average molecular weight is 327 g/mol. The number of amides is 1. The zero-order chi connectivity index (χ0) is 16.9. The quantitative estimate of drug-likeness (QED) is 0.850. The summed E-state index contributed by atoms with van der Waals surface area (Å²) in [7, 11) is 0. The molecule has 1 heterocycles. The van der Waals surface area contributed by atoms with Crippen LogP contribution in [0.4, 0.5) is 0 Å². The van der Waals surface area contributed by atoms with Crippen molar-refractivity contribution in [2.75, 3.05) is 0 Å². The van der Waals surface area contributed by atoms with Crippen molar-refractivity contribution in [2.24, 2.45) is 11.8 Å². The number of aliphatic carboxylic acids is 1. The maximum absolute atomic E-state index is 12.3. The van der Waals surface area contributed by atoms with E-state index in [1.165, 1.54) is 0 Å². The van der Waals surface area contributed by atoms with Crippen LogP contribution in [0.15, 0.2) is 42.7 Å². The van der Waals surface area contributed by atoms with Gasteiger partial charge in [-0.15, -0.1) is 0 Å². The van der Waals surface area contributed by atoms with Crippen molar-refractivity contribution in [3.8, 4) is 0 Å². The monoisotopic (exact) mass is 327 g/mol. The summed E-state index contributed by atoms with van der Waals surface area (Å²) in [6, 6.07) is 9.82. The van der Waals surface area contributed by atoms with Crippen molar-refractivity contribution >= 4 is 11.9 Å². The molecular weight excluding hydrogens is 306 g/mol. The van der Waals surface area contributed by atoms with Gasteiger partial charge in [0.15, 0.2) is 0 Å². The first-order valence-electron chi connectivity index (χ1n) is 8.18. The number of carboxylic acid groups (broad SMARTS) is 1. The molecule has 0 spiro atoms. The summed E-state index contributed by atoms with van der Waals surface area (Å²) in [5.74, 6) is -1.42. The van der Waals surface area contributed by atoms with Crippen molar-refractivity contribution in [3.63, 3.8) is 0 Å². The zero-order valence-corrected chi connectivity index (χ0v) is 13.4. The Bertz CT molecular complexity index is 712. The first kappa shape index (κ1) is 16.2. The van der Waals surface area contributed by atoms with Gasteiger partial charge in [-0.25, -0.2) is 0 Å². The second-order valence-corrected chi connectivity index (χ2v) is 6.24. The van der Waals surface area contributed by atoms with Gasteiger partial charge in [-0.1, -0.05) is 24.3 Å². The van der Waals surface area contributed by atoms with Gasteiger partial charge >= 0.3 is 5.97 Å². The lowest BCUT2D eigenvalue weighted by molar-refractivity contribution is -0.141. The maximum atomic E-state index is 12.3. The summed E-state index contributed by atoms with van der Waals surface area (Å²) in [6.45, 7) is 1.11. The van der Waals surface area contributed by atoms with Crippen molar-refractivity contribution in [3.05, 3.63) is 53.9 Å². The molecule has 0 radical (unpaired) electrons. The number of carbonyl (C=O) groups is 2. The number of nitrogens with one attached hydrogen (secondary N) is 1. The summed E-state index contributed by atoms with van der Waals surface area (Å²) in [4.78, 5) is 23.3. The van der Waals surface area contributed by atoms with Crippen LogP contribution in [0.25, 0.3) is 0 Å². The van der Waals surface area contributed by atoms with Crippen LogP contribution < -0.4 is 5.32 Å². The zero-order valence-electron chi connectivity index (χ0n) is 13.4. The highest BCUT2D eigenvalue weighted by Crippen LogP contribution is 2.31. The van der Waals surface area contributed by atoms with E-state index in [2.05, 4.69) is 10.4 Å². The molecular formula is C18H21N3O3. The third-order valence-electron chi connectivity index (χ3n) is 4.62. The van der Waals surface area contributed by atoms with Gasteiger partial charge in [0.1, 0.15) is 0 Å². The molecule has 0 unspecified atom stereocenters. The van der Waals surface area contributed by atoms with E-state index in [9.17, 15) is 9.59 Å². The molecule has 1 aromatic carbocycles. The Hall–Kier alpha value is -2.63. The number of nitrogens with zero attached hydrogens (tertiary/aromatic N) is 2. The van der Waals surface area contributed by atoms with Crippen molar-refractivity contribution in [2.45, 2.75) is 32.4 Å². The van der Waals surface area contributed by atoms with Gasteiger partial charge in [0.2, 0.25) is 5.91 Å². The Morgan fingerprint density at radius 3 is 2.58 bits per heavy atom. The first-order valence-corrected chi connectivity index (χ1v) is 8.18. The largest absolute Gasteiger partial charge is 0.481 e. The number of aromatic nitrogens is 2. The number of hydrogen-bond acceptors (Lipinski definition) is 3. The number of rotatable bonds is 6. The normalized spacial score (nSPS) is 20.0. The van der Waals surface area contributed by atoms with Gasteiger partial charge in [-0.3, -0.25) is 14.3 Å². The van der Waals surface area contributed by atoms with Crippen LogP contribution in [0.1, 0.15) is 30.4 Å². The highest BCUT2D eigenvalue weighted by atomic mass is 16.4. The van der Waals surface area contributed by atoms with Gasteiger partial charge in [-0.05, 0) is 36.5 Å². The molecule has 6 heteroatoms. The van der Waals surface area contributed by atoms with Gasteiger partial charge < -0.3 is 10.4 Å². The van der Waals surface area contributed by atoms with Gasteiger partial charge in [0.05, 0.1) is 12.5 Å².